The largest absolute Gasteiger partial charge is 0.359 e. The van der Waals surface area contributed by atoms with E-state index in [2.05, 4.69) is 37.3 Å². The minimum atomic E-state index is -0.00967. The van der Waals surface area contributed by atoms with Crippen molar-refractivity contribution in [1.29, 1.82) is 0 Å². The van der Waals surface area contributed by atoms with E-state index in [-0.39, 0.29) is 6.03 Å². The van der Waals surface area contributed by atoms with Gasteiger partial charge in [-0.3, -0.25) is 4.68 Å². The molecule has 2 aliphatic rings. The van der Waals surface area contributed by atoms with Gasteiger partial charge in [0, 0.05) is 45.6 Å². The third-order valence-corrected chi connectivity index (χ3v) is 6.57. The number of aromatic nitrogens is 5. The number of anilines is 2. The lowest BCUT2D eigenvalue weighted by atomic mass is 10.0. The van der Waals surface area contributed by atoms with Gasteiger partial charge in [0.2, 0.25) is 0 Å². The van der Waals surface area contributed by atoms with E-state index < -0.39 is 0 Å². The fourth-order valence-electron chi connectivity index (χ4n) is 5.18. The van der Waals surface area contributed by atoms with Gasteiger partial charge < -0.3 is 20.1 Å². The standard InChI is InChI=1S/C21H28N8O/c1-3-29-12-17(8-25-29)26-21(30)28-10-15-6-14(7-16(15)11-28)9-27(2)20-18-4-5-22-19(18)23-13-24-20/h4-5,8,12-16H,3,6-7,9-11H2,1-2H3,(H,26,30)(H,22,23,24). The van der Waals surface area contributed by atoms with Crippen LogP contribution in [0, 0.1) is 17.8 Å². The highest BCUT2D eigenvalue weighted by atomic mass is 16.2. The summed E-state index contributed by atoms with van der Waals surface area (Å²) in [5.74, 6) is 2.78. The first kappa shape index (κ1) is 18.9. The molecule has 9 heteroatoms. The SMILES string of the molecule is CCn1cc(NC(=O)N2CC3CC(CN(C)c4ncnc5[nH]ccc45)CC3C2)cn1. The zero-order valence-electron chi connectivity index (χ0n) is 17.5. The van der Waals surface area contributed by atoms with E-state index >= 15 is 0 Å². The summed E-state index contributed by atoms with van der Waals surface area (Å²) in [5.41, 5.74) is 1.64. The first-order chi connectivity index (χ1) is 14.6. The number of H-pyrrole nitrogens is 1. The van der Waals surface area contributed by atoms with E-state index in [1.54, 1.807) is 12.5 Å². The third-order valence-electron chi connectivity index (χ3n) is 6.57. The van der Waals surface area contributed by atoms with E-state index in [9.17, 15) is 4.79 Å². The Morgan fingerprint density at radius 3 is 2.83 bits per heavy atom. The molecule has 0 spiro atoms. The van der Waals surface area contributed by atoms with Gasteiger partial charge in [0.15, 0.2) is 0 Å². The van der Waals surface area contributed by atoms with Crippen molar-refractivity contribution in [3.05, 3.63) is 31.0 Å². The molecule has 4 heterocycles. The molecular formula is C21H28N8O. The average molecular weight is 409 g/mol. The van der Waals surface area contributed by atoms with Crippen LogP contribution < -0.4 is 10.2 Å². The van der Waals surface area contributed by atoms with Crippen LogP contribution >= 0.6 is 0 Å². The molecule has 5 rings (SSSR count). The van der Waals surface area contributed by atoms with Crippen molar-refractivity contribution in [2.24, 2.45) is 17.8 Å². The van der Waals surface area contributed by atoms with Crippen molar-refractivity contribution < 1.29 is 4.79 Å². The predicted molar refractivity (Wildman–Crippen MR) is 115 cm³/mol. The van der Waals surface area contributed by atoms with Crippen molar-refractivity contribution in [3.63, 3.8) is 0 Å². The molecule has 1 saturated carbocycles. The molecule has 158 valence electrons. The molecule has 0 radical (unpaired) electrons. The van der Waals surface area contributed by atoms with Crippen LogP contribution in [-0.4, -0.2) is 62.3 Å². The van der Waals surface area contributed by atoms with Crippen LogP contribution in [0.5, 0.6) is 0 Å². The maximum absolute atomic E-state index is 12.6. The number of aryl methyl sites for hydroxylation is 1. The number of carbonyl (C=O) groups is 1. The Balaban J connectivity index is 1.16. The second-order valence-corrected chi connectivity index (χ2v) is 8.60. The van der Waals surface area contributed by atoms with Crippen LogP contribution in [0.3, 0.4) is 0 Å². The van der Waals surface area contributed by atoms with Gasteiger partial charge in [0.1, 0.15) is 17.8 Å². The molecule has 2 atom stereocenters. The number of hydrogen-bond donors (Lipinski definition) is 2. The van der Waals surface area contributed by atoms with E-state index in [1.165, 1.54) is 0 Å². The van der Waals surface area contributed by atoms with E-state index in [0.717, 1.165) is 61.6 Å². The number of rotatable bonds is 5. The summed E-state index contributed by atoms with van der Waals surface area (Å²) < 4.78 is 1.81. The molecule has 9 nitrogen and oxygen atoms in total. The lowest BCUT2D eigenvalue weighted by molar-refractivity contribution is 0.217. The number of urea groups is 1. The summed E-state index contributed by atoms with van der Waals surface area (Å²) in [7, 11) is 2.11. The maximum atomic E-state index is 12.6. The van der Waals surface area contributed by atoms with Gasteiger partial charge in [-0.05, 0) is 43.6 Å². The Kier molecular flexibility index (Phi) is 4.80. The second kappa shape index (κ2) is 7.62. The van der Waals surface area contributed by atoms with Gasteiger partial charge in [-0.25, -0.2) is 14.8 Å². The van der Waals surface area contributed by atoms with Crippen LogP contribution in [-0.2, 0) is 6.54 Å². The topological polar surface area (TPSA) is 95.0 Å². The normalized spacial score (nSPS) is 23.1. The molecule has 3 aromatic rings. The Morgan fingerprint density at radius 2 is 2.10 bits per heavy atom. The molecule has 3 aromatic heterocycles. The van der Waals surface area contributed by atoms with Crippen LogP contribution in [0.1, 0.15) is 19.8 Å². The fraction of sp³-hybridized carbons (Fsp3) is 0.524. The number of likely N-dealkylation sites (tertiary alicyclic amines) is 1. The monoisotopic (exact) mass is 408 g/mol. The van der Waals surface area contributed by atoms with Crippen LogP contribution in [0.4, 0.5) is 16.3 Å². The van der Waals surface area contributed by atoms with Crippen LogP contribution in [0.15, 0.2) is 31.0 Å². The zero-order valence-corrected chi connectivity index (χ0v) is 17.5. The molecule has 2 amide bonds. The molecule has 2 N–H and O–H groups in total. The predicted octanol–water partition coefficient (Wildman–Crippen LogP) is 2.80. The number of fused-ring (bicyclic) bond motifs is 2. The summed E-state index contributed by atoms with van der Waals surface area (Å²) in [6.45, 7) is 5.49. The molecule has 30 heavy (non-hydrogen) atoms. The molecule has 1 aliphatic carbocycles. The van der Waals surface area contributed by atoms with E-state index in [4.69, 9.17) is 0 Å². The van der Waals surface area contributed by atoms with Crippen molar-refractivity contribution in [2.75, 3.05) is 36.9 Å². The zero-order chi connectivity index (χ0) is 20.7. The quantitative estimate of drug-likeness (QED) is 0.677. The maximum Gasteiger partial charge on any atom is 0.321 e. The smallest absolute Gasteiger partial charge is 0.321 e. The van der Waals surface area contributed by atoms with Crippen molar-refractivity contribution in [2.45, 2.75) is 26.3 Å². The van der Waals surface area contributed by atoms with Gasteiger partial charge in [-0.15, -0.1) is 0 Å². The van der Waals surface area contributed by atoms with Crippen LogP contribution in [0.2, 0.25) is 0 Å². The minimum Gasteiger partial charge on any atom is -0.359 e. The minimum absolute atomic E-state index is 0.00967. The van der Waals surface area contributed by atoms with Crippen molar-refractivity contribution in [3.8, 4) is 0 Å². The third kappa shape index (κ3) is 3.48. The Morgan fingerprint density at radius 1 is 1.30 bits per heavy atom. The van der Waals surface area contributed by atoms with Gasteiger partial charge in [-0.2, -0.15) is 5.10 Å². The number of carbonyl (C=O) groups excluding carboxylic acids is 1. The number of hydrogen-bond acceptors (Lipinski definition) is 5. The molecule has 0 aromatic carbocycles. The average Bonchev–Trinajstić information content (AvgIpc) is 3.50. The lowest BCUT2D eigenvalue weighted by Gasteiger charge is -2.24. The molecule has 1 aliphatic heterocycles. The number of nitrogens with one attached hydrogen (secondary N) is 2. The van der Waals surface area contributed by atoms with Gasteiger partial charge in [0.25, 0.3) is 0 Å². The summed E-state index contributed by atoms with van der Waals surface area (Å²) in [6, 6.07) is 2.02. The summed E-state index contributed by atoms with van der Waals surface area (Å²) in [4.78, 5) is 28.8. The summed E-state index contributed by atoms with van der Waals surface area (Å²) in [6.07, 6.45) is 9.42. The lowest BCUT2D eigenvalue weighted by Crippen LogP contribution is -2.34. The summed E-state index contributed by atoms with van der Waals surface area (Å²) >= 11 is 0. The summed E-state index contributed by atoms with van der Waals surface area (Å²) in [5, 5.41) is 8.27. The van der Waals surface area contributed by atoms with Crippen molar-refractivity contribution >= 4 is 28.6 Å². The van der Waals surface area contributed by atoms with Gasteiger partial charge in [0.05, 0.1) is 17.3 Å². The number of aromatic amines is 1. The number of nitrogens with zero attached hydrogens (tertiary/aromatic N) is 6. The van der Waals surface area contributed by atoms with Gasteiger partial charge >= 0.3 is 6.03 Å². The molecule has 1 saturated heterocycles. The van der Waals surface area contributed by atoms with Crippen molar-refractivity contribution in [1.82, 2.24) is 29.6 Å². The van der Waals surface area contributed by atoms with Gasteiger partial charge in [-0.1, -0.05) is 0 Å². The van der Waals surface area contributed by atoms with E-state index in [1.807, 2.05) is 35.0 Å². The molecule has 0 bridgehead atoms. The van der Waals surface area contributed by atoms with E-state index in [0.29, 0.717) is 17.8 Å². The molecule has 2 unspecified atom stereocenters. The highest BCUT2D eigenvalue weighted by Crippen LogP contribution is 2.42. The Hall–Kier alpha value is -3.10. The second-order valence-electron chi connectivity index (χ2n) is 8.60. The molecule has 2 fully saturated rings. The highest BCUT2D eigenvalue weighted by molar-refractivity contribution is 5.89. The Labute approximate surface area is 175 Å². The molecular weight excluding hydrogens is 380 g/mol. The first-order valence-corrected chi connectivity index (χ1v) is 10.7. The van der Waals surface area contributed by atoms with Crippen LogP contribution in [0.25, 0.3) is 11.0 Å². The number of amides is 2. The first-order valence-electron chi connectivity index (χ1n) is 10.7. The Bertz CT molecular complexity index is 1030. The fourth-order valence-corrected chi connectivity index (χ4v) is 5.18. The highest BCUT2D eigenvalue weighted by Gasteiger charge is 2.42.